The number of para-hydroxylation sites is 2. The zero-order valence-electron chi connectivity index (χ0n) is 12.0. The van der Waals surface area contributed by atoms with Crippen LogP contribution in [-0.4, -0.2) is 46.7 Å². The summed E-state index contributed by atoms with van der Waals surface area (Å²) in [6, 6.07) is 7.48. The normalized spacial score (nSPS) is 17.1. The minimum Gasteiger partial charge on any atom is -0.378 e. The Kier molecular flexibility index (Phi) is 4.12. The average Bonchev–Trinajstić information content (AvgIpc) is 2.92. The fourth-order valence-electron chi connectivity index (χ4n) is 2.78. The summed E-state index contributed by atoms with van der Waals surface area (Å²) in [5, 5.41) is 0. The molecule has 1 saturated heterocycles. The van der Waals surface area contributed by atoms with E-state index in [9.17, 15) is 4.79 Å². The highest BCUT2D eigenvalue weighted by Gasteiger charge is 2.26. The molecule has 2 aromatic rings. The highest BCUT2D eigenvalue weighted by atomic mass is 35.5. The van der Waals surface area contributed by atoms with E-state index < -0.39 is 0 Å². The Morgan fingerprint density at radius 2 is 2.10 bits per heavy atom. The first kappa shape index (κ1) is 14.4. The predicted molar refractivity (Wildman–Crippen MR) is 81.4 cm³/mol. The van der Waals surface area contributed by atoms with Crippen molar-refractivity contribution >= 4 is 28.5 Å². The number of aromatic nitrogens is 2. The SMILES string of the molecule is CC(C(=O)N1CCOCC1)n1c(CCl)nc2ccccc21. The molecule has 5 nitrogen and oxygen atoms in total. The second kappa shape index (κ2) is 6.03. The standard InChI is InChI=1S/C15H18ClN3O2/c1-11(15(20)18-6-8-21-9-7-18)19-13-5-3-2-4-12(13)17-14(19)10-16/h2-5,11H,6-10H2,1H3. The van der Waals surface area contributed by atoms with Gasteiger partial charge < -0.3 is 14.2 Å². The number of nitrogens with zero attached hydrogens (tertiary/aromatic N) is 3. The molecule has 0 saturated carbocycles. The molecule has 1 aliphatic rings. The minimum absolute atomic E-state index is 0.0906. The summed E-state index contributed by atoms with van der Waals surface area (Å²) in [5.41, 5.74) is 1.82. The lowest BCUT2D eigenvalue weighted by molar-refractivity contribution is -0.138. The monoisotopic (exact) mass is 307 g/mol. The van der Waals surface area contributed by atoms with Gasteiger partial charge >= 0.3 is 0 Å². The van der Waals surface area contributed by atoms with Crippen LogP contribution in [0, 0.1) is 0 Å². The minimum atomic E-state index is -0.316. The summed E-state index contributed by atoms with van der Waals surface area (Å²) in [7, 11) is 0. The van der Waals surface area contributed by atoms with E-state index in [-0.39, 0.29) is 17.8 Å². The summed E-state index contributed by atoms with van der Waals surface area (Å²) in [6.07, 6.45) is 0. The Labute approximate surface area is 128 Å². The van der Waals surface area contributed by atoms with Crippen molar-refractivity contribution in [2.75, 3.05) is 26.3 Å². The summed E-state index contributed by atoms with van der Waals surface area (Å²) in [6.45, 7) is 4.40. The van der Waals surface area contributed by atoms with Crippen molar-refractivity contribution in [1.29, 1.82) is 0 Å². The van der Waals surface area contributed by atoms with E-state index in [0.29, 0.717) is 26.3 Å². The van der Waals surface area contributed by atoms with Crippen LogP contribution in [0.25, 0.3) is 11.0 Å². The van der Waals surface area contributed by atoms with Crippen LogP contribution >= 0.6 is 11.6 Å². The summed E-state index contributed by atoms with van der Waals surface area (Å²) < 4.78 is 7.25. The summed E-state index contributed by atoms with van der Waals surface area (Å²) >= 11 is 6.01. The molecule has 0 spiro atoms. The average molecular weight is 308 g/mol. The fourth-order valence-corrected chi connectivity index (χ4v) is 2.97. The maximum absolute atomic E-state index is 12.7. The van der Waals surface area contributed by atoms with Crippen molar-refractivity contribution in [2.24, 2.45) is 0 Å². The predicted octanol–water partition coefficient (Wildman–Crippen LogP) is 2.19. The number of halogens is 1. The summed E-state index contributed by atoms with van der Waals surface area (Å²) in [4.78, 5) is 19.1. The van der Waals surface area contributed by atoms with E-state index in [4.69, 9.17) is 16.3 Å². The van der Waals surface area contributed by atoms with Crippen LogP contribution in [0.4, 0.5) is 0 Å². The van der Waals surface area contributed by atoms with Gasteiger partial charge in [0.25, 0.3) is 0 Å². The second-order valence-corrected chi connectivity index (χ2v) is 5.40. The van der Waals surface area contributed by atoms with Crippen molar-refractivity contribution < 1.29 is 9.53 Å². The number of ether oxygens (including phenoxy) is 1. The van der Waals surface area contributed by atoms with Crippen molar-refractivity contribution in [3.63, 3.8) is 0 Å². The maximum atomic E-state index is 12.7. The molecule has 21 heavy (non-hydrogen) atoms. The molecular weight excluding hydrogens is 290 g/mol. The van der Waals surface area contributed by atoms with Crippen molar-refractivity contribution in [1.82, 2.24) is 14.5 Å². The van der Waals surface area contributed by atoms with Crippen molar-refractivity contribution in [3.05, 3.63) is 30.1 Å². The topological polar surface area (TPSA) is 47.4 Å². The number of carbonyl (C=O) groups excluding carboxylic acids is 1. The third-order valence-electron chi connectivity index (χ3n) is 3.86. The van der Waals surface area contributed by atoms with E-state index in [2.05, 4.69) is 4.98 Å². The highest BCUT2D eigenvalue weighted by Crippen LogP contribution is 2.23. The number of benzene rings is 1. The largest absolute Gasteiger partial charge is 0.378 e. The number of carbonyl (C=O) groups is 1. The van der Waals surface area contributed by atoms with Crippen LogP contribution < -0.4 is 0 Å². The first-order valence-electron chi connectivity index (χ1n) is 7.10. The molecule has 0 radical (unpaired) electrons. The highest BCUT2D eigenvalue weighted by molar-refractivity contribution is 6.16. The number of hydrogen-bond donors (Lipinski definition) is 0. The molecule has 112 valence electrons. The van der Waals surface area contributed by atoms with Gasteiger partial charge in [0, 0.05) is 13.1 Å². The van der Waals surface area contributed by atoms with Crippen molar-refractivity contribution in [2.45, 2.75) is 18.8 Å². The lowest BCUT2D eigenvalue weighted by atomic mass is 10.2. The van der Waals surface area contributed by atoms with Gasteiger partial charge in [0.15, 0.2) is 0 Å². The Morgan fingerprint density at radius 3 is 2.81 bits per heavy atom. The van der Waals surface area contributed by atoms with E-state index in [0.717, 1.165) is 16.9 Å². The Balaban J connectivity index is 1.96. The number of morpholine rings is 1. The van der Waals surface area contributed by atoms with E-state index in [1.807, 2.05) is 40.7 Å². The van der Waals surface area contributed by atoms with Crippen LogP contribution in [-0.2, 0) is 15.4 Å². The second-order valence-electron chi connectivity index (χ2n) is 5.13. The molecule has 0 bridgehead atoms. The smallest absolute Gasteiger partial charge is 0.245 e. The van der Waals surface area contributed by atoms with Gasteiger partial charge in [-0.2, -0.15) is 0 Å². The van der Waals surface area contributed by atoms with Gasteiger partial charge in [-0.1, -0.05) is 12.1 Å². The maximum Gasteiger partial charge on any atom is 0.245 e. The first-order chi connectivity index (χ1) is 10.2. The molecule has 1 amide bonds. The van der Waals surface area contributed by atoms with Crippen LogP contribution in [0.15, 0.2) is 24.3 Å². The van der Waals surface area contributed by atoms with Gasteiger partial charge in [-0.3, -0.25) is 4.79 Å². The number of imidazole rings is 1. The molecule has 3 rings (SSSR count). The van der Waals surface area contributed by atoms with Crippen molar-refractivity contribution in [3.8, 4) is 0 Å². The Bertz CT molecular complexity index is 649. The molecule has 1 aliphatic heterocycles. The van der Waals surface area contributed by atoms with E-state index in [1.54, 1.807) is 0 Å². The van der Waals surface area contributed by atoms with Crippen LogP contribution in [0.5, 0.6) is 0 Å². The van der Waals surface area contributed by atoms with E-state index in [1.165, 1.54) is 0 Å². The third-order valence-corrected chi connectivity index (χ3v) is 4.09. The molecule has 1 atom stereocenters. The molecule has 1 aromatic heterocycles. The first-order valence-corrected chi connectivity index (χ1v) is 7.64. The lowest BCUT2D eigenvalue weighted by Crippen LogP contribution is -2.43. The zero-order valence-corrected chi connectivity index (χ0v) is 12.7. The molecule has 1 aromatic carbocycles. The van der Waals surface area contributed by atoms with Crippen LogP contribution in [0.2, 0.25) is 0 Å². The number of amides is 1. The van der Waals surface area contributed by atoms with Crippen LogP contribution in [0.1, 0.15) is 18.8 Å². The zero-order chi connectivity index (χ0) is 14.8. The summed E-state index contributed by atoms with van der Waals surface area (Å²) in [5.74, 6) is 1.11. The number of hydrogen-bond acceptors (Lipinski definition) is 3. The molecule has 0 N–H and O–H groups in total. The van der Waals surface area contributed by atoms with E-state index >= 15 is 0 Å². The van der Waals surface area contributed by atoms with Crippen LogP contribution in [0.3, 0.4) is 0 Å². The lowest BCUT2D eigenvalue weighted by Gasteiger charge is -2.30. The molecule has 1 fully saturated rings. The molecule has 6 heteroatoms. The Hall–Kier alpha value is -1.59. The molecule has 2 heterocycles. The van der Waals surface area contributed by atoms with Gasteiger partial charge in [-0.25, -0.2) is 4.98 Å². The number of fused-ring (bicyclic) bond motifs is 1. The fraction of sp³-hybridized carbons (Fsp3) is 0.467. The molecule has 1 unspecified atom stereocenters. The number of rotatable bonds is 3. The van der Waals surface area contributed by atoms with Gasteiger partial charge in [0.1, 0.15) is 11.9 Å². The van der Waals surface area contributed by atoms with Gasteiger partial charge in [-0.05, 0) is 19.1 Å². The Morgan fingerprint density at radius 1 is 1.38 bits per heavy atom. The van der Waals surface area contributed by atoms with Gasteiger partial charge in [0.2, 0.25) is 5.91 Å². The van der Waals surface area contributed by atoms with Gasteiger partial charge in [-0.15, -0.1) is 11.6 Å². The van der Waals surface area contributed by atoms with Gasteiger partial charge in [0.05, 0.1) is 30.1 Å². The third kappa shape index (κ3) is 2.63. The number of alkyl halides is 1. The molecule has 0 aliphatic carbocycles. The molecular formula is C15H18ClN3O2. The quantitative estimate of drug-likeness (QED) is 0.817.